The number of allylic oxidation sites excluding steroid dienone is 8. The van der Waals surface area contributed by atoms with Crippen molar-refractivity contribution in [3.8, 4) is 0 Å². The van der Waals surface area contributed by atoms with Crippen LogP contribution < -0.4 is 44.2 Å². The highest BCUT2D eigenvalue weighted by atomic mass is 16.6. The highest BCUT2D eigenvalue weighted by molar-refractivity contribution is 5.94. The van der Waals surface area contributed by atoms with Crippen LogP contribution in [0.15, 0.2) is 120 Å². The van der Waals surface area contributed by atoms with E-state index in [0.717, 1.165) is 22.8 Å². The van der Waals surface area contributed by atoms with E-state index in [9.17, 15) is 59.6 Å². The Hall–Kier alpha value is -9.52. The first-order valence-electron chi connectivity index (χ1n) is 25.2. The molecule has 14 N–H and O–H groups in total. The lowest BCUT2D eigenvalue weighted by molar-refractivity contribution is -0.385. The Morgan fingerprint density at radius 2 is 0.519 bits per heavy atom. The summed E-state index contributed by atoms with van der Waals surface area (Å²) in [5.41, 5.74) is 29.0. The predicted molar refractivity (Wildman–Crippen MR) is 313 cm³/mol. The summed E-state index contributed by atoms with van der Waals surface area (Å²) in [6.07, 6.45) is 11.0. The molecule has 0 saturated carbocycles. The van der Waals surface area contributed by atoms with E-state index in [-0.39, 0.29) is 73.0 Å². The molecule has 0 spiro atoms. The number of carbonyl (C=O) groups excluding carboxylic acids is 4. The van der Waals surface area contributed by atoms with Gasteiger partial charge in [0.15, 0.2) is 23.1 Å². The zero-order chi connectivity index (χ0) is 59.7. The minimum atomic E-state index is -0.477. The molecule has 25 nitrogen and oxygen atoms in total. The molecule has 4 aromatic rings. The van der Waals surface area contributed by atoms with Gasteiger partial charge in [-0.15, -0.1) is 0 Å². The second-order valence-electron chi connectivity index (χ2n) is 23.2. The topological polar surface area (TPSA) is 425 Å². The van der Waals surface area contributed by atoms with Crippen LogP contribution in [0.4, 0.5) is 68.2 Å². The number of hydrogen-bond acceptors (Lipinski definition) is 20. The summed E-state index contributed by atoms with van der Waals surface area (Å²) >= 11 is 0. The molecule has 0 radical (unpaired) electrons. The summed E-state index contributed by atoms with van der Waals surface area (Å²) in [6.45, 7) is 16.1. The van der Waals surface area contributed by atoms with Crippen molar-refractivity contribution in [2.24, 2.45) is 21.7 Å². The minimum Gasteiger partial charge on any atom is -0.412 e. The molecular formula is C56H70N12O13. The third kappa shape index (κ3) is 19.4. The summed E-state index contributed by atoms with van der Waals surface area (Å²) < 4.78 is 0. The van der Waals surface area contributed by atoms with E-state index >= 15 is 0 Å². The first-order valence-corrected chi connectivity index (χ1v) is 25.2. The number of nitro groups is 4. The summed E-state index contributed by atoms with van der Waals surface area (Å²) in [5, 5.41) is 55.3. The average molecular weight is 1120 g/mol. The number of anilines is 8. The van der Waals surface area contributed by atoms with Crippen LogP contribution in [0.1, 0.15) is 107 Å². The Morgan fingerprint density at radius 3 is 0.667 bits per heavy atom. The van der Waals surface area contributed by atoms with Gasteiger partial charge in [-0.05, 0) is 71.6 Å². The first-order chi connectivity index (χ1) is 37.1. The Balaban J connectivity index is 0.000000231. The van der Waals surface area contributed by atoms with Gasteiger partial charge in [-0.3, -0.25) is 59.6 Å². The van der Waals surface area contributed by atoms with Crippen molar-refractivity contribution in [1.29, 1.82) is 0 Å². The number of nitrogen functional groups attached to an aromatic ring is 4. The number of nitrogens with zero attached hydrogens (tertiary/aromatic N) is 4. The van der Waals surface area contributed by atoms with E-state index in [1.807, 2.05) is 55.4 Å². The molecule has 0 atom stereocenters. The maximum absolute atomic E-state index is 11.7. The van der Waals surface area contributed by atoms with Crippen molar-refractivity contribution in [1.82, 2.24) is 0 Å². The number of carbonyl (C=O) groups is 4. The van der Waals surface area contributed by atoms with E-state index in [1.165, 1.54) is 72.8 Å². The van der Waals surface area contributed by atoms with Crippen LogP contribution >= 0.6 is 0 Å². The minimum absolute atomic E-state index is 0. The standard InChI is InChI=1S/4C14H17N3O3.H2O/c4*1-14(2)7-9(5-11(18)8-14)16-13-6-10(17(19)20)3-4-12(13)15;/h4*3-6,16H,7-8,15H2,1-2H3;1H2. The summed E-state index contributed by atoms with van der Waals surface area (Å²) in [6, 6.07) is 16.8. The number of nitro benzene ring substituents is 4. The van der Waals surface area contributed by atoms with E-state index in [1.54, 1.807) is 24.3 Å². The van der Waals surface area contributed by atoms with Gasteiger partial charge in [-0.25, -0.2) is 0 Å². The van der Waals surface area contributed by atoms with Crippen molar-refractivity contribution >= 4 is 91.4 Å². The fraction of sp³-hybridized carbons (Fsp3) is 0.357. The second kappa shape index (κ2) is 26.0. The lowest BCUT2D eigenvalue weighted by Gasteiger charge is -2.29. The quantitative estimate of drug-likeness (QED) is 0.0371. The molecule has 0 amide bonds. The summed E-state index contributed by atoms with van der Waals surface area (Å²) in [5.74, 6) is 0.195. The van der Waals surface area contributed by atoms with Crippen molar-refractivity contribution in [2.45, 2.75) is 107 Å². The third-order valence-corrected chi connectivity index (χ3v) is 12.8. The molecule has 4 aliphatic rings. The average Bonchev–Trinajstić information content (AvgIpc) is 3.29. The fourth-order valence-corrected chi connectivity index (χ4v) is 9.46. The van der Waals surface area contributed by atoms with E-state index in [4.69, 9.17) is 22.9 Å². The van der Waals surface area contributed by atoms with Crippen LogP contribution in [-0.4, -0.2) is 48.3 Å². The molecule has 4 aromatic carbocycles. The van der Waals surface area contributed by atoms with Crippen molar-refractivity contribution < 1.29 is 44.3 Å². The molecule has 0 saturated heterocycles. The van der Waals surface area contributed by atoms with Crippen LogP contribution in [-0.2, 0) is 19.2 Å². The molecular weight excluding hydrogens is 1050 g/mol. The molecule has 8 rings (SSSR count). The summed E-state index contributed by atoms with van der Waals surface area (Å²) in [7, 11) is 0. The lowest BCUT2D eigenvalue weighted by Crippen LogP contribution is -2.24. The Bertz CT molecular complexity index is 2860. The van der Waals surface area contributed by atoms with Crippen LogP contribution in [0.2, 0.25) is 0 Å². The van der Waals surface area contributed by atoms with Crippen LogP contribution in [0.3, 0.4) is 0 Å². The summed E-state index contributed by atoms with van der Waals surface area (Å²) in [4.78, 5) is 87.9. The van der Waals surface area contributed by atoms with Gasteiger partial charge in [-0.1, -0.05) is 55.4 Å². The normalized spacial score (nSPS) is 17.3. The largest absolute Gasteiger partial charge is 0.412 e. The number of hydrogen-bond donors (Lipinski definition) is 8. The van der Waals surface area contributed by atoms with Crippen molar-refractivity contribution in [3.63, 3.8) is 0 Å². The van der Waals surface area contributed by atoms with Gasteiger partial charge in [0.05, 0.1) is 65.2 Å². The molecule has 81 heavy (non-hydrogen) atoms. The smallest absolute Gasteiger partial charge is 0.271 e. The maximum Gasteiger partial charge on any atom is 0.271 e. The van der Waals surface area contributed by atoms with Gasteiger partial charge >= 0.3 is 0 Å². The third-order valence-electron chi connectivity index (χ3n) is 12.8. The Morgan fingerprint density at radius 1 is 0.346 bits per heavy atom. The van der Waals surface area contributed by atoms with Crippen LogP contribution in [0.5, 0.6) is 0 Å². The molecule has 4 aliphatic carbocycles. The SMILES string of the molecule is CC1(C)CC(=O)C=C(Nc2cc([N+](=O)[O-])ccc2N)C1.CC1(C)CC(=O)C=C(Nc2cc([N+](=O)[O-])ccc2N)C1.CC1(C)CC(=O)C=C(Nc2cc([N+](=O)[O-])ccc2N)C1.CC1(C)CC(=O)C=C(Nc2cc([N+](=O)[O-])ccc2N)C1.O. The molecule has 25 heteroatoms. The highest BCUT2D eigenvalue weighted by Crippen LogP contribution is 2.40. The number of nitrogens with two attached hydrogens (primary N) is 4. The monoisotopic (exact) mass is 1120 g/mol. The second-order valence-corrected chi connectivity index (χ2v) is 23.2. The number of non-ortho nitro benzene ring substituents is 4. The van der Waals surface area contributed by atoms with Gasteiger partial charge in [-0.2, -0.15) is 0 Å². The fourth-order valence-electron chi connectivity index (χ4n) is 9.46. The molecule has 432 valence electrons. The molecule has 0 aromatic heterocycles. The molecule has 0 bridgehead atoms. The number of rotatable bonds is 12. The Labute approximate surface area is 467 Å². The van der Waals surface area contributed by atoms with E-state index in [0.29, 0.717) is 96.9 Å². The lowest BCUT2D eigenvalue weighted by atomic mass is 9.79. The van der Waals surface area contributed by atoms with Gasteiger partial charge in [0.1, 0.15) is 0 Å². The first kappa shape index (κ1) is 64.0. The molecule has 0 unspecified atom stereocenters. The zero-order valence-electron chi connectivity index (χ0n) is 46.4. The molecule has 0 fully saturated rings. The highest BCUT2D eigenvalue weighted by Gasteiger charge is 2.31. The van der Waals surface area contributed by atoms with Gasteiger partial charge < -0.3 is 49.7 Å². The van der Waals surface area contributed by atoms with Gasteiger partial charge in [0, 0.05) is 121 Å². The predicted octanol–water partition coefficient (Wildman–Crippen LogP) is 10.6. The van der Waals surface area contributed by atoms with Crippen LogP contribution in [0.25, 0.3) is 0 Å². The Kier molecular flexibility index (Phi) is 20.5. The number of ketones is 4. The molecule has 0 heterocycles. The zero-order valence-corrected chi connectivity index (χ0v) is 46.4. The number of nitrogens with one attached hydrogen (secondary N) is 4. The van der Waals surface area contributed by atoms with Crippen molar-refractivity contribution in [2.75, 3.05) is 44.2 Å². The molecule has 0 aliphatic heterocycles. The van der Waals surface area contributed by atoms with E-state index < -0.39 is 19.7 Å². The van der Waals surface area contributed by atoms with E-state index in [2.05, 4.69) is 21.3 Å². The number of benzene rings is 4. The van der Waals surface area contributed by atoms with Crippen molar-refractivity contribution in [3.05, 3.63) is 160 Å². The maximum atomic E-state index is 11.7. The van der Waals surface area contributed by atoms with Gasteiger partial charge in [0.25, 0.3) is 22.7 Å². The van der Waals surface area contributed by atoms with Gasteiger partial charge in [0.2, 0.25) is 0 Å². The van der Waals surface area contributed by atoms with Crippen LogP contribution in [0, 0.1) is 62.1 Å².